The summed E-state index contributed by atoms with van der Waals surface area (Å²) in [6.07, 6.45) is 7.73. The lowest BCUT2D eigenvalue weighted by Crippen LogP contribution is -2.51. The molecule has 0 bridgehead atoms. The summed E-state index contributed by atoms with van der Waals surface area (Å²) < 4.78 is 5.37. The monoisotopic (exact) mass is 390 g/mol. The van der Waals surface area contributed by atoms with Crippen LogP contribution in [0.15, 0.2) is 24.3 Å². The molecule has 3 aliphatic rings. The molecule has 5 heteroatoms. The van der Waals surface area contributed by atoms with E-state index in [1.807, 2.05) is 12.1 Å². The Kier molecular flexibility index (Phi) is 6.05. The molecular formula is C22H31ClN2O2. The number of piperidine rings is 1. The SMILES string of the molecule is O=C(NC1CCN(CC2(c3ccc(Cl)cc3)CCC2)CC1)C1CCOCC1. The zero-order valence-electron chi connectivity index (χ0n) is 16.1. The third-order valence-corrected chi connectivity index (χ3v) is 7.07. The van der Waals surface area contributed by atoms with E-state index in [9.17, 15) is 4.79 Å². The number of rotatable bonds is 5. The Morgan fingerprint density at radius 3 is 2.37 bits per heavy atom. The van der Waals surface area contributed by atoms with Gasteiger partial charge in [-0.2, -0.15) is 0 Å². The molecule has 1 saturated carbocycles. The van der Waals surface area contributed by atoms with Crippen molar-refractivity contribution in [2.45, 2.75) is 56.4 Å². The largest absolute Gasteiger partial charge is 0.381 e. The highest BCUT2D eigenvalue weighted by atomic mass is 35.5. The van der Waals surface area contributed by atoms with E-state index in [1.165, 1.54) is 24.8 Å². The maximum Gasteiger partial charge on any atom is 0.223 e. The molecule has 2 aliphatic heterocycles. The van der Waals surface area contributed by atoms with Gasteiger partial charge in [0, 0.05) is 55.2 Å². The van der Waals surface area contributed by atoms with Gasteiger partial charge in [-0.05, 0) is 56.2 Å². The highest BCUT2D eigenvalue weighted by Crippen LogP contribution is 2.44. The fraction of sp³-hybridized carbons (Fsp3) is 0.682. The zero-order chi connectivity index (χ0) is 18.7. The van der Waals surface area contributed by atoms with Gasteiger partial charge in [0.15, 0.2) is 0 Å². The Morgan fingerprint density at radius 1 is 1.11 bits per heavy atom. The third kappa shape index (κ3) is 4.49. The first-order valence-corrected chi connectivity index (χ1v) is 10.9. The molecule has 2 saturated heterocycles. The maximum absolute atomic E-state index is 12.5. The first-order chi connectivity index (χ1) is 13.1. The first-order valence-electron chi connectivity index (χ1n) is 10.5. The summed E-state index contributed by atoms with van der Waals surface area (Å²) in [5.41, 5.74) is 1.75. The van der Waals surface area contributed by atoms with E-state index in [-0.39, 0.29) is 11.8 Å². The van der Waals surface area contributed by atoms with Crippen molar-refractivity contribution in [3.8, 4) is 0 Å². The van der Waals surface area contributed by atoms with Gasteiger partial charge in [0.25, 0.3) is 0 Å². The average Bonchev–Trinajstić information content (AvgIpc) is 2.67. The zero-order valence-corrected chi connectivity index (χ0v) is 16.8. The van der Waals surface area contributed by atoms with Crippen LogP contribution in [0.1, 0.15) is 50.5 Å². The summed E-state index contributed by atoms with van der Waals surface area (Å²) >= 11 is 6.08. The Balaban J connectivity index is 1.27. The van der Waals surface area contributed by atoms with Gasteiger partial charge in [-0.15, -0.1) is 0 Å². The van der Waals surface area contributed by atoms with Gasteiger partial charge in [0.1, 0.15) is 0 Å². The molecular weight excluding hydrogens is 360 g/mol. The normalized spacial score (nSPS) is 24.3. The number of ether oxygens (including phenoxy) is 1. The molecule has 0 atom stereocenters. The van der Waals surface area contributed by atoms with E-state index in [1.54, 1.807) is 0 Å². The van der Waals surface area contributed by atoms with E-state index in [4.69, 9.17) is 16.3 Å². The van der Waals surface area contributed by atoms with Gasteiger partial charge < -0.3 is 15.0 Å². The minimum Gasteiger partial charge on any atom is -0.381 e. The number of likely N-dealkylation sites (tertiary alicyclic amines) is 1. The van der Waals surface area contributed by atoms with Gasteiger partial charge in [0.05, 0.1) is 0 Å². The number of benzene rings is 1. The summed E-state index contributed by atoms with van der Waals surface area (Å²) in [6.45, 7) is 4.74. The smallest absolute Gasteiger partial charge is 0.223 e. The summed E-state index contributed by atoms with van der Waals surface area (Å²) in [5, 5.41) is 4.12. The number of hydrogen-bond donors (Lipinski definition) is 1. The number of hydrogen-bond acceptors (Lipinski definition) is 3. The minimum absolute atomic E-state index is 0.153. The second-order valence-corrected chi connectivity index (χ2v) is 9.02. The highest BCUT2D eigenvalue weighted by molar-refractivity contribution is 6.30. The van der Waals surface area contributed by atoms with Crippen LogP contribution in [-0.2, 0) is 14.9 Å². The number of carbonyl (C=O) groups is 1. The Labute approximate surface area is 167 Å². The van der Waals surface area contributed by atoms with E-state index in [0.717, 1.165) is 63.6 Å². The van der Waals surface area contributed by atoms with E-state index < -0.39 is 0 Å². The van der Waals surface area contributed by atoms with Gasteiger partial charge in [-0.3, -0.25) is 4.79 Å². The molecule has 1 aromatic carbocycles. The van der Waals surface area contributed by atoms with Crippen molar-refractivity contribution in [2.24, 2.45) is 5.92 Å². The molecule has 4 nitrogen and oxygen atoms in total. The summed E-state index contributed by atoms with van der Waals surface area (Å²) in [5.74, 6) is 0.397. The molecule has 148 valence electrons. The molecule has 27 heavy (non-hydrogen) atoms. The maximum atomic E-state index is 12.5. The summed E-state index contributed by atoms with van der Waals surface area (Å²) in [4.78, 5) is 15.1. The van der Waals surface area contributed by atoms with Crippen molar-refractivity contribution in [3.05, 3.63) is 34.9 Å². The first kappa shape index (κ1) is 19.2. The van der Waals surface area contributed by atoms with Crippen LogP contribution in [0.3, 0.4) is 0 Å². The van der Waals surface area contributed by atoms with Crippen molar-refractivity contribution >= 4 is 17.5 Å². The number of nitrogens with zero attached hydrogens (tertiary/aromatic N) is 1. The minimum atomic E-state index is 0.153. The van der Waals surface area contributed by atoms with Crippen LogP contribution < -0.4 is 5.32 Å². The Hall–Kier alpha value is -1.10. The summed E-state index contributed by atoms with van der Waals surface area (Å²) in [6, 6.07) is 8.80. The van der Waals surface area contributed by atoms with Crippen LogP contribution >= 0.6 is 11.6 Å². The number of nitrogens with one attached hydrogen (secondary N) is 1. The van der Waals surface area contributed by atoms with Gasteiger partial charge in [-0.1, -0.05) is 30.2 Å². The fourth-order valence-corrected chi connectivity index (χ4v) is 5.01. The molecule has 1 N–H and O–H groups in total. The molecule has 1 aliphatic carbocycles. The highest BCUT2D eigenvalue weighted by Gasteiger charge is 2.40. The number of amides is 1. The standard InChI is InChI=1S/C22H31ClN2O2/c23-19-4-2-18(3-5-19)22(10-1-11-22)16-25-12-6-20(7-13-25)24-21(26)17-8-14-27-15-9-17/h2-5,17,20H,1,6-16H2,(H,24,26). The predicted molar refractivity (Wildman–Crippen MR) is 108 cm³/mol. The lowest BCUT2D eigenvalue weighted by atomic mass is 9.64. The molecule has 2 heterocycles. The molecule has 4 rings (SSSR count). The van der Waals surface area contributed by atoms with Crippen LogP contribution in [0.2, 0.25) is 5.02 Å². The summed E-state index contributed by atoms with van der Waals surface area (Å²) in [7, 11) is 0. The van der Waals surface area contributed by atoms with E-state index in [0.29, 0.717) is 11.5 Å². The molecule has 1 aromatic rings. The van der Waals surface area contributed by atoms with Crippen LogP contribution in [0, 0.1) is 5.92 Å². The van der Waals surface area contributed by atoms with Crippen molar-refractivity contribution in [2.75, 3.05) is 32.8 Å². The topological polar surface area (TPSA) is 41.6 Å². The van der Waals surface area contributed by atoms with Crippen molar-refractivity contribution in [1.29, 1.82) is 0 Å². The molecule has 0 aromatic heterocycles. The second-order valence-electron chi connectivity index (χ2n) is 8.59. The lowest BCUT2D eigenvalue weighted by Gasteiger charge is -2.47. The Bertz CT molecular complexity index is 630. The average molecular weight is 391 g/mol. The van der Waals surface area contributed by atoms with Gasteiger partial charge in [-0.25, -0.2) is 0 Å². The molecule has 0 spiro atoms. The van der Waals surface area contributed by atoms with Crippen LogP contribution in [0.4, 0.5) is 0 Å². The fourth-order valence-electron chi connectivity index (χ4n) is 4.89. The van der Waals surface area contributed by atoms with Crippen molar-refractivity contribution in [3.63, 3.8) is 0 Å². The van der Waals surface area contributed by atoms with Gasteiger partial charge in [0.2, 0.25) is 5.91 Å². The van der Waals surface area contributed by atoms with Gasteiger partial charge >= 0.3 is 0 Å². The number of carbonyl (C=O) groups excluding carboxylic acids is 1. The van der Waals surface area contributed by atoms with Crippen molar-refractivity contribution < 1.29 is 9.53 Å². The van der Waals surface area contributed by atoms with E-state index >= 15 is 0 Å². The molecule has 3 fully saturated rings. The molecule has 0 unspecified atom stereocenters. The molecule has 0 radical (unpaired) electrons. The lowest BCUT2D eigenvalue weighted by molar-refractivity contribution is -0.128. The Morgan fingerprint density at radius 2 is 1.78 bits per heavy atom. The second kappa shape index (κ2) is 8.50. The third-order valence-electron chi connectivity index (χ3n) is 6.82. The van der Waals surface area contributed by atoms with Crippen molar-refractivity contribution in [1.82, 2.24) is 10.2 Å². The van der Waals surface area contributed by atoms with Crippen LogP contribution in [0.5, 0.6) is 0 Å². The van der Waals surface area contributed by atoms with Crippen LogP contribution in [0.25, 0.3) is 0 Å². The molecule has 1 amide bonds. The van der Waals surface area contributed by atoms with Crippen LogP contribution in [-0.4, -0.2) is 49.7 Å². The number of halogens is 1. The quantitative estimate of drug-likeness (QED) is 0.832. The predicted octanol–water partition coefficient (Wildman–Crippen LogP) is 3.77. The van der Waals surface area contributed by atoms with E-state index in [2.05, 4.69) is 22.3 Å².